The maximum absolute atomic E-state index is 10.2. The zero-order chi connectivity index (χ0) is 13.8. The number of aliphatic hydroxyl groups excluding tert-OH is 1. The van der Waals surface area contributed by atoms with Gasteiger partial charge < -0.3 is 14.6 Å². The van der Waals surface area contributed by atoms with Crippen LogP contribution in [0.4, 0.5) is 0 Å². The lowest BCUT2D eigenvalue weighted by Gasteiger charge is -2.30. The molecule has 0 amide bonds. The van der Waals surface area contributed by atoms with Crippen molar-refractivity contribution >= 4 is 0 Å². The van der Waals surface area contributed by atoms with Gasteiger partial charge in [-0.05, 0) is 38.5 Å². The minimum absolute atomic E-state index is 0.261. The summed E-state index contributed by atoms with van der Waals surface area (Å²) in [6.07, 6.45) is 10.2. The molecular weight excluding hydrogens is 254 g/mol. The van der Waals surface area contributed by atoms with Crippen LogP contribution in [-0.2, 0) is 9.47 Å². The first kappa shape index (κ1) is 14.8. The lowest BCUT2D eigenvalue weighted by atomic mass is 10.2. The highest BCUT2D eigenvalue weighted by Gasteiger charge is 2.36. The van der Waals surface area contributed by atoms with Crippen LogP contribution in [0.25, 0.3) is 0 Å². The van der Waals surface area contributed by atoms with Gasteiger partial charge in [0.2, 0.25) is 0 Å². The van der Waals surface area contributed by atoms with E-state index < -0.39 is 0 Å². The predicted molar refractivity (Wildman–Crippen MR) is 77.8 cm³/mol. The lowest BCUT2D eigenvalue weighted by molar-refractivity contribution is -0.0294. The zero-order valence-corrected chi connectivity index (χ0v) is 12.5. The minimum Gasteiger partial charge on any atom is -0.389 e. The van der Waals surface area contributed by atoms with Gasteiger partial charge in [0, 0.05) is 25.2 Å². The van der Waals surface area contributed by atoms with Crippen molar-refractivity contribution in [1.29, 1.82) is 0 Å². The Labute approximate surface area is 122 Å². The Morgan fingerprint density at radius 2 is 1.80 bits per heavy atom. The van der Waals surface area contributed by atoms with E-state index in [-0.39, 0.29) is 12.2 Å². The molecule has 1 saturated heterocycles. The maximum atomic E-state index is 10.2. The number of rotatable bonds is 8. The zero-order valence-electron chi connectivity index (χ0n) is 12.5. The summed E-state index contributed by atoms with van der Waals surface area (Å²) in [5.74, 6) is 0. The Kier molecular flexibility index (Phi) is 5.32. The summed E-state index contributed by atoms with van der Waals surface area (Å²) in [5, 5.41) is 10.2. The van der Waals surface area contributed by atoms with E-state index in [0.29, 0.717) is 13.2 Å². The van der Waals surface area contributed by atoms with E-state index in [1.54, 1.807) is 0 Å². The molecule has 0 aromatic rings. The number of aliphatic hydroxyl groups is 1. The molecule has 0 aromatic heterocycles. The number of hydrogen-bond donors (Lipinski definition) is 1. The summed E-state index contributed by atoms with van der Waals surface area (Å²) in [4.78, 5) is 2.56. The van der Waals surface area contributed by atoms with E-state index >= 15 is 0 Å². The topological polar surface area (TPSA) is 41.9 Å². The highest BCUT2D eigenvalue weighted by molar-refractivity contribution is 4.91. The van der Waals surface area contributed by atoms with Gasteiger partial charge in [-0.3, -0.25) is 4.90 Å². The molecule has 1 heterocycles. The van der Waals surface area contributed by atoms with Gasteiger partial charge in [-0.1, -0.05) is 12.8 Å². The van der Waals surface area contributed by atoms with Gasteiger partial charge in [-0.25, -0.2) is 0 Å². The standard InChI is InChI=1S/C16H29NO3/c18-15(11-19-12-16-6-3-9-20-16)10-17(14-7-8-14)13-4-1-2-5-13/h13-16,18H,1-12H2. The van der Waals surface area contributed by atoms with E-state index in [9.17, 15) is 5.11 Å². The van der Waals surface area contributed by atoms with Crippen molar-refractivity contribution in [1.82, 2.24) is 4.90 Å². The fraction of sp³-hybridized carbons (Fsp3) is 1.00. The van der Waals surface area contributed by atoms with Crippen molar-refractivity contribution in [3.63, 3.8) is 0 Å². The lowest BCUT2D eigenvalue weighted by Crippen LogP contribution is -2.42. The van der Waals surface area contributed by atoms with Gasteiger partial charge in [0.05, 0.1) is 25.4 Å². The summed E-state index contributed by atoms with van der Waals surface area (Å²) < 4.78 is 11.2. The third-order valence-electron chi connectivity index (χ3n) is 4.87. The van der Waals surface area contributed by atoms with Gasteiger partial charge in [0.25, 0.3) is 0 Å². The van der Waals surface area contributed by atoms with Crippen LogP contribution >= 0.6 is 0 Å². The van der Waals surface area contributed by atoms with Gasteiger partial charge >= 0.3 is 0 Å². The minimum atomic E-state index is -0.349. The maximum Gasteiger partial charge on any atom is 0.0900 e. The molecule has 116 valence electrons. The molecule has 3 fully saturated rings. The molecule has 2 aliphatic carbocycles. The molecule has 1 N–H and O–H groups in total. The fourth-order valence-electron chi connectivity index (χ4n) is 3.65. The predicted octanol–water partition coefficient (Wildman–Crippen LogP) is 1.95. The van der Waals surface area contributed by atoms with E-state index in [2.05, 4.69) is 4.90 Å². The van der Waals surface area contributed by atoms with Gasteiger partial charge in [0.1, 0.15) is 0 Å². The molecule has 2 atom stereocenters. The Hall–Kier alpha value is -0.160. The van der Waals surface area contributed by atoms with Crippen molar-refractivity contribution in [2.45, 2.75) is 75.7 Å². The van der Waals surface area contributed by atoms with Crippen LogP contribution in [0.2, 0.25) is 0 Å². The van der Waals surface area contributed by atoms with Gasteiger partial charge in [-0.2, -0.15) is 0 Å². The van der Waals surface area contributed by atoms with E-state index in [4.69, 9.17) is 9.47 Å². The van der Waals surface area contributed by atoms with Gasteiger partial charge in [-0.15, -0.1) is 0 Å². The molecule has 0 radical (unpaired) electrons. The molecule has 2 saturated carbocycles. The first-order valence-electron chi connectivity index (χ1n) is 8.46. The molecule has 0 spiro atoms. The van der Waals surface area contributed by atoms with E-state index in [1.165, 1.54) is 38.5 Å². The molecule has 1 aliphatic heterocycles. The van der Waals surface area contributed by atoms with Crippen LogP contribution in [0.3, 0.4) is 0 Å². The molecule has 20 heavy (non-hydrogen) atoms. The average molecular weight is 283 g/mol. The monoisotopic (exact) mass is 283 g/mol. The molecule has 3 aliphatic rings. The quantitative estimate of drug-likeness (QED) is 0.739. The SMILES string of the molecule is OC(COCC1CCCO1)CN(C1CCCC1)C1CC1. The average Bonchev–Trinajstić information content (AvgIpc) is 2.93. The second kappa shape index (κ2) is 7.21. The first-order chi connectivity index (χ1) is 9.83. The molecule has 3 rings (SSSR count). The number of hydrogen-bond acceptors (Lipinski definition) is 4. The number of ether oxygens (including phenoxy) is 2. The smallest absolute Gasteiger partial charge is 0.0900 e. The highest BCUT2D eigenvalue weighted by atomic mass is 16.5. The second-order valence-corrected chi connectivity index (χ2v) is 6.69. The molecule has 4 heteroatoms. The summed E-state index contributed by atoms with van der Waals surface area (Å²) >= 11 is 0. The number of nitrogens with zero attached hydrogens (tertiary/aromatic N) is 1. The first-order valence-corrected chi connectivity index (χ1v) is 8.46. The van der Waals surface area contributed by atoms with E-state index in [0.717, 1.165) is 38.1 Å². The van der Waals surface area contributed by atoms with Crippen LogP contribution in [-0.4, -0.2) is 60.7 Å². The third kappa shape index (κ3) is 4.17. The summed E-state index contributed by atoms with van der Waals surface area (Å²) in [6.45, 7) is 2.76. The Morgan fingerprint density at radius 1 is 1.05 bits per heavy atom. The van der Waals surface area contributed by atoms with Crippen molar-refractivity contribution in [3.05, 3.63) is 0 Å². The highest BCUT2D eigenvalue weighted by Crippen LogP contribution is 2.34. The normalized spacial score (nSPS) is 29.4. The molecule has 0 bridgehead atoms. The summed E-state index contributed by atoms with van der Waals surface area (Å²) in [7, 11) is 0. The van der Waals surface area contributed by atoms with Crippen molar-refractivity contribution in [3.8, 4) is 0 Å². The van der Waals surface area contributed by atoms with Crippen LogP contribution in [0, 0.1) is 0 Å². The Morgan fingerprint density at radius 3 is 2.45 bits per heavy atom. The van der Waals surface area contributed by atoms with Crippen LogP contribution < -0.4 is 0 Å². The second-order valence-electron chi connectivity index (χ2n) is 6.69. The molecular formula is C16H29NO3. The van der Waals surface area contributed by atoms with Crippen molar-refractivity contribution < 1.29 is 14.6 Å². The Balaban J connectivity index is 1.36. The summed E-state index contributed by atoms with van der Waals surface area (Å²) in [5.41, 5.74) is 0. The van der Waals surface area contributed by atoms with Crippen molar-refractivity contribution in [2.24, 2.45) is 0 Å². The van der Waals surface area contributed by atoms with Crippen molar-refractivity contribution in [2.75, 3.05) is 26.4 Å². The largest absolute Gasteiger partial charge is 0.389 e. The summed E-state index contributed by atoms with van der Waals surface area (Å²) in [6, 6.07) is 1.46. The molecule has 0 aromatic carbocycles. The van der Waals surface area contributed by atoms with E-state index in [1.807, 2.05) is 0 Å². The van der Waals surface area contributed by atoms with Crippen LogP contribution in [0.15, 0.2) is 0 Å². The van der Waals surface area contributed by atoms with Gasteiger partial charge in [0.15, 0.2) is 0 Å². The molecule has 2 unspecified atom stereocenters. The van der Waals surface area contributed by atoms with Crippen LogP contribution in [0.1, 0.15) is 51.4 Å². The van der Waals surface area contributed by atoms with Crippen LogP contribution in [0.5, 0.6) is 0 Å². The third-order valence-corrected chi connectivity index (χ3v) is 4.87. The Bertz CT molecular complexity index is 283. The molecule has 4 nitrogen and oxygen atoms in total. The fourth-order valence-corrected chi connectivity index (χ4v) is 3.65.